The lowest BCUT2D eigenvalue weighted by molar-refractivity contribution is -0.193. The molecule has 0 bridgehead atoms. The van der Waals surface area contributed by atoms with Gasteiger partial charge in [0, 0.05) is 18.2 Å². The van der Waals surface area contributed by atoms with E-state index in [2.05, 4.69) is 10.3 Å². The van der Waals surface area contributed by atoms with Crippen molar-refractivity contribution in [2.75, 3.05) is 5.32 Å². The van der Waals surface area contributed by atoms with Crippen LogP contribution in [0.3, 0.4) is 0 Å². The number of carbonyl (C=O) groups excluding carboxylic acids is 1. The number of hydrogen-bond acceptors (Lipinski definition) is 4. The second-order valence-electron chi connectivity index (χ2n) is 5.17. The quantitative estimate of drug-likeness (QED) is 0.431. The molecule has 0 aliphatic heterocycles. The van der Waals surface area contributed by atoms with E-state index in [0.29, 0.717) is 6.42 Å². The van der Waals surface area contributed by atoms with Crippen molar-refractivity contribution in [3.8, 4) is 0 Å². The average molecular weight is 336 g/mol. The van der Waals surface area contributed by atoms with Gasteiger partial charge in [-0.3, -0.25) is 0 Å². The first-order chi connectivity index (χ1) is 10.7. The van der Waals surface area contributed by atoms with Crippen molar-refractivity contribution in [1.29, 1.82) is 0 Å². The Balaban J connectivity index is 3.05. The molecule has 0 heterocycles. The van der Waals surface area contributed by atoms with Gasteiger partial charge in [0.2, 0.25) is 0 Å². The van der Waals surface area contributed by atoms with Gasteiger partial charge >= 0.3 is 17.7 Å². The molecule has 2 unspecified atom stereocenters. The fourth-order valence-electron chi connectivity index (χ4n) is 1.61. The Morgan fingerprint density at radius 1 is 1.30 bits per heavy atom. The van der Waals surface area contributed by atoms with E-state index in [-0.39, 0.29) is 11.7 Å². The third-order valence-electron chi connectivity index (χ3n) is 3.34. The molecule has 1 rings (SSSR count). The highest BCUT2D eigenvalue weighted by Crippen LogP contribution is 2.37. The fraction of sp³-hybridized carbons (Fsp3) is 0.533. The second kappa shape index (κ2) is 7.63. The van der Waals surface area contributed by atoms with E-state index in [1.807, 2.05) is 0 Å². The molecule has 0 radical (unpaired) electrons. The summed E-state index contributed by atoms with van der Waals surface area (Å²) in [5.74, 6) is -10.5. The van der Waals surface area contributed by atoms with Gasteiger partial charge < -0.3 is 10.2 Å². The van der Waals surface area contributed by atoms with Crippen molar-refractivity contribution in [2.45, 2.75) is 51.4 Å². The molecule has 130 valence electrons. The van der Waals surface area contributed by atoms with Crippen LogP contribution in [0.1, 0.15) is 33.6 Å². The molecular formula is C15H20F4N2O2. The summed E-state index contributed by atoms with van der Waals surface area (Å²) < 4.78 is 55.9. The average Bonchev–Trinajstić information content (AvgIpc) is 2.51. The minimum Gasteiger partial charge on any atom is -0.366 e. The smallest absolute Gasteiger partial charge is 0.366 e. The van der Waals surface area contributed by atoms with Crippen molar-refractivity contribution in [3.05, 3.63) is 30.1 Å². The molecule has 0 spiro atoms. The third kappa shape index (κ3) is 4.57. The van der Waals surface area contributed by atoms with Crippen LogP contribution in [0, 0.1) is 5.82 Å². The summed E-state index contributed by atoms with van der Waals surface area (Å²) in [5.41, 5.74) is 1.89. The number of nitrogens with one attached hydrogen (secondary N) is 2. The molecule has 8 heteroatoms. The molecule has 2 atom stereocenters. The van der Waals surface area contributed by atoms with Crippen LogP contribution in [0.15, 0.2) is 24.3 Å². The van der Waals surface area contributed by atoms with Gasteiger partial charge in [-0.2, -0.15) is 9.87 Å². The Morgan fingerprint density at radius 2 is 1.96 bits per heavy atom. The van der Waals surface area contributed by atoms with Gasteiger partial charge in [-0.25, -0.2) is 18.0 Å². The summed E-state index contributed by atoms with van der Waals surface area (Å²) in [6.45, 7) is 4.42. The Hall–Kier alpha value is -1.83. The zero-order chi connectivity index (χ0) is 17.7. The van der Waals surface area contributed by atoms with E-state index < -0.39 is 29.9 Å². The molecule has 2 N–H and O–H groups in total. The molecule has 0 saturated heterocycles. The van der Waals surface area contributed by atoms with E-state index in [0.717, 1.165) is 19.1 Å². The molecule has 0 aliphatic rings. The van der Waals surface area contributed by atoms with Crippen LogP contribution in [0.25, 0.3) is 0 Å². The Bertz CT molecular complexity index is 542. The number of benzene rings is 1. The third-order valence-corrected chi connectivity index (χ3v) is 3.34. The van der Waals surface area contributed by atoms with Crippen molar-refractivity contribution in [1.82, 2.24) is 5.48 Å². The normalized spacial score (nSPS) is 15.6. The van der Waals surface area contributed by atoms with Crippen LogP contribution in [0.2, 0.25) is 0 Å². The standard InChI is InChI=1S/C15H20F4N2O2/c1-4-10(3)21-23-13(22)15(19,14(17,18)5-2)20-12-8-6-7-11(16)9-12/h6-10,20-21H,4-5H2,1-3H3. The van der Waals surface area contributed by atoms with Gasteiger partial charge in [-0.15, -0.1) is 0 Å². The monoisotopic (exact) mass is 336 g/mol. The number of hydroxylamine groups is 1. The summed E-state index contributed by atoms with van der Waals surface area (Å²) in [6, 6.07) is 3.89. The second-order valence-corrected chi connectivity index (χ2v) is 5.17. The van der Waals surface area contributed by atoms with Gasteiger partial charge in [0.15, 0.2) is 0 Å². The van der Waals surface area contributed by atoms with Gasteiger partial charge in [0.05, 0.1) is 0 Å². The number of rotatable bonds is 8. The highest BCUT2D eigenvalue weighted by molar-refractivity contribution is 5.84. The molecule has 4 nitrogen and oxygen atoms in total. The Labute approximate surface area is 132 Å². The van der Waals surface area contributed by atoms with Crippen molar-refractivity contribution >= 4 is 11.7 Å². The summed E-state index contributed by atoms with van der Waals surface area (Å²) in [4.78, 5) is 16.3. The van der Waals surface area contributed by atoms with Gasteiger partial charge in [-0.05, 0) is 31.5 Å². The number of anilines is 1. The Morgan fingerprint density at radius 3 is 2.48 bits per heavy atom. The zero-order valence-corrected chi connectivity index (χ0v) is 13.1. The van der Waals surface area contributed by atoms with E-state index in [4.69, 9.17) is 0 Å². The minimum atomic E-state index is -4.06. The van der Waals surface area contributed by atoms with Crippen LogP contribution >= 0.6 is 0 Å². The topological polar surface area (TPSA) is 50.4 Å². The van der Waals surface area contributed by atoms with Gasteiger partial charge in [0.25, 0.3) is 0 Å². The number of halogens is 4. The maximum absolute atomic E-state index is 14.8. The first-order valence-corrected chi connectivity index (χ1v) is 7.23. The largest absolute Gasteiger partial charge is 0.390 e. The molecule has 0 aromatic heterocycles. The SMILES string of the molecule is CCC(C)NOC(=O)C(F)(Nc1cccc(F)c1)C(F)(F)CC. The summed E-state index contributed by atoms with van der Waals surface area (Å²) in [7, 11) is 0. The first-order valence-electron chi connectivity index (χ1n) is 7.23. The number of hydrogen-bond donors (Lipinski definition) is 2. The Kier molecular flexibility index (Phi) is 6.37. The van der Waals surface area contributed by atoms with E-state index in [9.17, 15) is 22.4 Å². The van der Waals surface area contributed by atoms with Crippen LogP contribution in [-0.4, -0.2) is 23.7 Å². The summed E-state index contributed by atoms with van der Waals surface area (Å²) in [5, 5.41) is 1.76. The summed E-state index contributed by atoms with van der Waals surface area (Å²) >= 11 is 0. The molecule has 1 aromatic carbocycles. The highest BCUT2D eigenvalue weighted by Gasteiger charge is 2.61. The maximum Gasteiger partial charge on any atom is 0.390 e. The van der Waals surface area contributed by atoms with Crippen LogP contribution < -0.4 is 10.8 Å². The molecule has 0 aliphatic carbocycles. The summed E-state index contributed by atoms with van der Waals surface area (Å²) in [6.07, 6.45) is -0.418. The van der Waals surface area contributed by atoms with Crippen molar-refractivity contribution < 1.29 is 27.2 Å². The van der Waals surface area contributed by atoms with E-state index in [1.165, 1.54) is 12.1 Å². The first kappa shape index (κ1) is 19.2. The van der Waals surface area contributed by atoms with Crippen LogP contribution in [0.4, 0.5) is 23.2 Å². The molecule has 1 aromatic rings. The fourth-order valence-corrected chi connectivity index (χ4v) is 1.61. The van der Waals surface area contributed by atoms with Crippen molar-refractivity contribution in [3.63, 3.8) is 0 Å². The predicted octanol–water partition coefficient (Wildman–Crippen LogP) is 3.80. The molecule has 23 heavy (non-hydrogen) atoms. The van der Waals surface area contributed by atoms with Gasteiger partial charge in [-0.1, -0.05) is 19.9 Å². The molecule has 0 amide bonds. The van der Waals surface area contributed by atoms with Crippen LogP contribution in [0.5, 0.6) is 0 Å². The van der Waals surface area contributed by atoms with Crippen molar-refractivity contribution in [2.24, 2.45) is 0 Å². The molecule has 0 fully saturated rings. The zero-order valence-electron chi connectivity index (χ0n) is 13.1. The molecular weight excluding hydrogens is 316 g/mol. The minimum absolute atomic E-state index is 0.305. The van der Waals surface area contributed by atoms with Gasteiger partial charge in [0.1, 0.15) is 5.82 Å². The lowest BCUT2D eigenvalue weighted by Crippen LogP contribution is -2.58. The number of carbonyl (C=O) groups is 1. The van der Waals surface area contributed by atoms with E-state index in [1.54, 1.807) is 19.2 Å². The lowest BCUT2D eigenvalue weighted by atomic mass is 10.0. The predicted molar refractivity (Wildman–Crippen MR) is 78.1 cm³/mol. The highest BCUT2D eigenvalue weighted by atomic mass is 19.3. The van der Waals surface area contributed by atoms with E-state index >= 15 is 0 Å². The molecule has 0 saturated carbocycles. The maximum atomic E-state index is 14.8. The lowest BCUT2D eigenvalue weighted by Gasteiger charge is -2.32. The van der Waals surface area contributed by atoms with Crippen LogP contribution in [-0.2, 0) is 9.63 Å². The number of alkyl halides is 3.